The van der Waals surface area contributed by atoms with Gasteiger partial charge >= 0.3 is 5.69 Å². The molecule has 1 aromatic carbocycles. The van der Waals surface area contributed by atoms with Crippen LogP contribution in [-0.4, -0.2) is 30.8 Å². The highest BCUT2D eigenvalue weighted by Gasteiger charge is 2.20. The number of rotatable bonds is 7. The van der Waals surface area contributed by atoms with Crippen LogP contribution in [0.2, 0.25) is 5.02 Å². The van der Waals surface area contributed by atoms with Crippen LogP contribution in [0.1, 0.15) is 20.3 Å². The van der Waals surface area contributed by atoms with Gasteiger partial charge in [0.05, 0.1) is 20.9 Å². The van der Waals surface area contributed by atoms with Crippen LogP contribution in [0.3, 0.4) is 0 Å². The molecule has 1 aromatic heterocycles. The lowest BCUT2D eigenvalue weighted by atomic mass is 10.2. The lowest BCUT2D eigenvalue weighted by molar-refractivity contribution is -0.384. The zero-order chi connectivity index (χ0) is 18.6. The number of benzene rings is 1. The lowest BCUT2D eigenvalue weighted by Crippen LogP contribution is -2.24. The molecule has 0 aliphatic rings. The van der Waals surface area contributed by atoms with Crippen LogP contribution in [0.5, 0.6) is 0 Å². The van der Waals surface area contributed by atoms with E-state index in [1.54, 1.807) is 6.92 Å². The van der Waals surface area contributed by atoms with Crippen molar-refractivity contribution in [3.63, 3.8) is 0 Å². The van der Waals surface area contributed by atoms with Gasteiger partial charge in [0.1, 0.15) is 0 Å². The number of hydrogen-bond donors (Lipinski definition) is 2. The number of thioether (sulfide) groups is 1. The number of nitro groups is 1. The molecule has 0 bridgehead atoms. The number of anilines is 1. The Morgan fingerprint density at radius 3 is 2.92 bits per heavy atom. The van der Waals surface area contributed by atoms with Crippen LogP contribution >= 0.6 is 23.4 Å². The number of amides is 1. The van der Waals surface area contributed by atoms with E-state index in [0.717, 1.165) is 18.2 Å². The van der Waals surface area contributed by atoms with Crippen molar-refractivity contribution in [1.82, 2.24) is 14.8 Å². The second kappa shape index (κ2) is 8.17. The third kappa shape index (κ3) is 4.60. The van der Waals surface area contributed by atoms with Gasteiger partial charge in [-0.25, -0.2) is 9.89 Å². The zero-order valence-corrected chi connectivity index (χ0v) is 15.1. The molecule has 25 heavy (non-hydrogen) atoms. The standard InChI is InChI=1S/C14H16ClN5O4S/c1-3-6-19-13(22)17-18-14(19)25-8(2)12(21)16-11-7-9(20(23)24)4-5-10(11)15/h4-5,7-8H,3,6H2,1-2H3,(H,16,21)(H,17,22)/t8-/m1/s1. The van der Waals surface area contributed by atoms with Crippen LogP contribution < -0.4 is 11.0 Å². The first-order valence-electron chi connectivity index (χ1n) is 7.40. The maximum Gasteiger partial charge on any atom is 0.343 e. The maximum atomic E-state index is 12.3. The fourth-order valence-electron chi connectivity index (χ4n) is 1.98. The smallest absolute Gasteiger partial charge is 0.324 e. The Labute approximate surface area is 151 Å². The summed E-state index contributed by atoms with van der Waals surface area (Å²) in [5, 5.41) is 19.7. The number of aromatic nitrogens is 3. The molecule has 0 aliphatic heterocycles. The lowest BCUT2D eigenvalue weighted by Gasteiger charge is -2.12. The van der Waals surface area contributed by atoms with E-state index in [2.05, 4.69) is 15.5 Å². The molecule has 2 aromatic rings. The molecule has 11 heteroatoms. The van der Waals surface area contributed by atoms with Crippen molar-refractivity contribution < 1.29 is 9.72 Å². The summed E-state index contributed by atoms with van der Waals surface area (Å²) in [6.07, 6.45) is 0.747. The fourth-order valence-corrected chi connectivity index (χ4v) is 3.03. The molecule has 2 rings (SSSR count). The average molecular weight is 386 g/mol. The molecule has 0 aliphatic carbocycles. The predicted molar refractivity (Wildman–Crippen MR) is 95.2 cm³/mol. The first kappa shape index (κ1) is 19.0. The number of H-pyrrole nitrogens is 1. The Balaban J connectivity index is 2.12. The number of aromatic amines is 1. The molecule has 134 valence electrons. The van der Waals surface area contributed by atoms with E-state index in [9.17, 15) is 19.7 Å². The van der Waals surface area contributed by atoms with Crippen LogP contribution in [0, 0.1) is 10.1 Å². The Morgan fingerprint density at radius 1 is 1.56 bits per heavy atom. The van der Waals surface area contributed by atoms with E-state index in [1.807, 2.05) is 6.92 Å². The molecular weight excluding hydrogens is 370 g/mol. The number of nitro benzene ring substituents is 1. The Bertz CT molecular complexity index is 850. The van der Waals surface area contributed by atoms with Gasteiger partial charge < -0.3 is 5.32 Å². The maximum absolute atomic E-state index is 12.3. The Morgan fingerprint density at radius 2 is 2.28 bits per heavy atom. The van der Waals surface area contributed by atoms with Gasteiger partial charge in [0.15, 0.2) is 5.16 Å². The second-order valence-electron chi connectivity index (χ2n) is 5.13. The molecule has 0 saturated carbocycles. The minimum absolute atomic E-state index is 0.154. The number of halogens is 1. The van der Waals surface area contributed by atoms with E-state index in [4.69, 9.17) is 11.6 Å². The Kier molecular flexibility index (Phi) is 6.21. The predicted octanol–water partition coefficient (Wildman–Crippen LogP) is 2.66. The molecule has 0 unspecified atom stereocenters. The third-order valence-electron chi connectivity index (χ3n) is 3.24. The van der Waals surface area contributed by atoms with Crippen LogP contribution in [0.4, 0.5) is 11.4 Å². The molecule has 1 amide bonds. The van der Waals surface area contributed by atoms with Gasteiger partial charge in [0.2, 0.25) is 5.91 Å². The number of hydrogen-bond acceptors (Lipinski definition) is 6. The number of carbonyl (C=O) groups is 1. The molecule has 0 spiro atoms. The average Bonchev–Trinajstić information content (AvgIpc) is 2.90. The van der Waals surface area contributed by atoms with Crippen molar-refractivity contribution >= 4 is 40.6 Å². The summed E-state index contributed by atoms with van der Waals surface area (Å²) in [4.78, 5) is 34.3. The van der Waals surface area contributed by atoms with Gasteiger partial charge in [-0.3, -0.25) is 19.5 Å². The second-order valence-corrected chi connectivity index (χ2v) is 6.85. The molecule has 2 N–H and O–H groups in total. The molecule has 0 radical (unpaired) electrons. The fraction of sp³-hybridized carbons (Fsp3) is 0.357. The molecule has 9 nitrogen and oxygen atoms in total. The van der Waals surface area contributed by atoms with Gasteiger partial charge in [-0.05, 0) is 19.4 Å². The largest absolute Gasteiger partial charge is 0.343 e. The molecule has 1 heterocycles. The number of non-ortho nitro benzene ring substituents is 1. The van der Waals surface area contributed by atoms with Crippen molar-refractivity contribution in [2.24, 2.45) is 0 Å². The summed E-state index contributed by atoms with van der Waals surface area (Å²) in [5.41, 5.74) is -0.357. The van der Waals surface area contributed by atoms with E-state index < -0.39 is 16.1 Å². The molecule has 0 saturated heterocycles. The van der Waals surface area contributed by atoms with Crippen LogP contribution in [-0.2, 0) is 11.3 Å². The van der Waals surface area contributed by atoms with Crippen molar-refractivity contribution in [2.45, 2.75) is 37.2 Å². The van der Waals surface area contributed by atoms with Crippen LogP contribution in [0.25, 0.3) is 0 Å². The SMILES string of the molecule is CCCn1c(S[C@H](C)C(=O)Nc2cc([N+](=O)[O-])ccc2Cl)n[nH]c1=O. The third-order valence-corrected chi connectivity index (χ3v) is 4.66. The zero-order valence-electron chi connectivity index (χ0n) is 13.5. The van der Waals surface area contributed by atoms with Gasteiger partial charge in [-0.1, -0.05) is 30.3 Å². The Hall–Kier alpha value is -2.33. The van der Waals surface area contributed by atoms with Gasteiger partial charge in [0, 0.05) is 18.7 Å². The number of nitrogens with zero attached hydrogens (tertiary/aromatic N) is 3. The normalized spacial score (nSPS) is 12.0. The topological polar surface area (TPSA) is 123 Å². The molecular formula is C14H16ClN5O4S. The highest BCUT2D eigenvalue weighted by molar-refractivity contribution is 8.00. The summed E-state index contributed by atoms with van der Waals surface area (Å²) in [6, 6.07) is 3.79. The van der Waals surface area contributed by atoms with E-state index in [1.165, 1.54) is 22.8 Å². The summed E-state index contributed by atoms with van der Waals surface area (Å²) in [7, 11) is 0. The summed E-state index contributed by atoms with van der Waals surface area (Å²) in [5.74, 6) is -0.411. The van der Waals surface area contributed by atoms with Crippen molar-refractivity contribution in [1.29, 1.82) is 0 Å². The highest BCUT2D eigenvalue weighted by atomic mass is 35.5. The number of nitrogens with one attached hydrogen (secondary N) is 2. The van der Waals surface area contributed by atoms with Crippen LogP contribution in [0.15, 0.2) is 28.2 Å². The van der Waals surface area contributed by atoms with E-state index in [0.29, 0.717) is 11.7 Å². The first-order chi connectivity index (χ1) is 11.8. The quantitative estimate of drug-likeness (QED) is 0.429. The summed E-state index contributed by atoms with van der Waals surface area (Å²) >= 11 is 7.08. The number of carbonyl (C=O) groups excluding carboxylic acids is 1. The van der Waals surface area contributed by atoms with Gasteiger partial charge in [-0.15, -0.1) is 5.10 Å². The van der Waals surface area contributed by atoms with Crippen molar-refractivity contribution in [3.05, 3.63) is 43.8 Å². The summed E-state index contributed by atoms with van der Waals surface area (Å²) < 4.78 is 1.45. The molecule has 1 atom stereocenters. The minimum atomic E-state index is -0.596. The van der Waals surface area contributed by atoms with Gasteiger partial charge in [0.25, 0.3) is 5.69 Å². The molecule has 0 fully saturated rings. The monoisotopic (exact) mass is 385 g/mol. The first-order valence-corrected chi connectivity index (χ1v) is 8.66. The van der Waals surface area contributed by atoms with Crippen molar-refractivity contribution in [3.8, 4) is 0 Å². The van der Waals surface area contributed by atoms with Crippen molar-refractivity contribution in [2.75, 3.05) is 5.32 Å². The van der Waals surface area contributed by atoms with Gasteiger partial charge in [-0.2, -0.15) is 0 Å². The summed E-state index contributed by atoms with van der Waals surface area (Å²) in [6.45, 7) is 4.05. The minimum Gasteiger partial charge on any atom is -0.324 e. The van der Waals surface area contributed by atoms with E-state index in [-0.39, 0.29) is 22.1 Å². The van der Waals surface area contributed by atoms with E-state index >= 15 is 0 Å². The highest BCUT2D eigenvalue weighted by Crippen LogP contribution is 2.28.